The van der Waals surface area contributed by atoms with Crippen LogP contribution in [-0.2, 0) is 0 Å². The van der Waals surface area contributed by atoms with E-state index in [2.05, 4.69) is 10.6 Å². The Morgan fingerprint density at radius 1 is 0.840 bits per heavy atom. The molecular weight excluding hydrogens is 330 g/mol. The summed E-state index contributed by atoms with van der Waals surface area (Å²) in [5.74, 6) is -2.55. The van der Waals surface area contributed by atoms with Crippen LogP contribution in [0, 0.1) is 11.6 Å². The van der Waals surface area contributed by atoms with E-state index < -0.39 is 29.0 Å². The summed E-state index contributed by atoms with van der Waals surface area (Å²) in [6, 6.07) is 11.9. The van der Waals surface area contributed by atoms with Crippen molar-refractivity contribution in [3.8, 4) is 0 Å². The zero-order chi connectivity index (χ0) is 17.8. The predicted molar refractivity (Wildman–Crippen MR) is 87.4 cm³/mol. The Labute approximate surface area is 141 Å². The predicted octanol–water partition coefficient (Wildman–Crippen LogP) is 4.06. The number of amides is 2. The number of hydrogen-bond acceptors (Lipinski definition) is 3. The molecule has 1 aromatic heterocycles. The van der Waals surface area contributed by atoms with Crippen molar-refractivity contribution in [1.82, 2.24) is 0 Å². The molecule has 0 unspecified atom stereocenters. The van der Waals surface area contributed by atoms with Crippen molar-refractivity contribution in [3.63, 3.8) is 0 Å². The van der Waals surface area contributed by atoms with Gasteiger partial charge in [0.15, 0.2) is 5.76 Å². The van der Waals surface area contributed by atoms with E-state index in [9.17, 15) is 18.4 Å². The molecule has 0 atom stereocenters. The maximum absolute atomic E-state index is 13.6. The van der Waals surface area contributed by atoms with Crippen LogP contribution in [0.2, 0.25) is 0 Å². The van der Waals surface area contributed by atoms with Crippen LogP contribution in [0.1, 0.15) is 20.9 Å². The second-order valence-corrected chi connectivity index (χ2v) is 5.09. The minimum atomic E-state index is -0.818. The van der Waals surface area contributed by atoms with E-state index in [1.54, 1.807) is 18.2 Å². The molecule has 0 aliphatic heterocycles. The van der Waals surface area contributed by atoms with Crippen molar-refractivity contribution in [2.24, 2.45) is 0 Å². The Bertz CT molecular complexity index is 907. The summed E-state index contributed by atoms with van der Waals surface area (Å²) in [6.07, 6.45) is 1.39. The van der Waals surface area contributed by atoms with E-state index in [1.165, 1.54) is 24.5 Å². The molecule has 0 radical (unpaired) electrons. The van der Waals surface area contributed by atoms with E-state index in [-0.39, 0.29) is 5.76 Å². The third kappa shape index (κ3) is 3.89. The highest BCUT2D eigenvalue weighted by Crippen LogP contribution is 2.17. The minimum Gasteiger partial charge on any atom is -0.459 e. The second-order valence-electron chi connectivity index (χ2n) is 5.09. The zero-order valence-corrected chi connectivity index (χ0v) is 12.8. The topological polar surface area (TPSA) is 71.3 Å². The van der Waals surface area contributed by atoms with E-state index in [1.807, 2.05) is 0 Å². The molecule has 0 fully saturated rings. The van der Waals surface area contributed by atoms with Crippen LogP contribution in [0.3, 0.4) is 0 Å². The lowest BCUT2D eigenvalue weighted by molar-refractivity contribution is 0.0994. The first-order valence-electron chi connectivity index (χ1n) is 7.24. The number of benzene rings is 2. The van der Waals surface area contributed by atoms with Gasteiger partial charge in [0.2, 0.25) is 0 Å². The average molecular weight is 342 g/mol. The normalized spacial score (nSPS) is 10.3. The van der Waals surface area contributed by atoms with Gasteiger partial charge in [-0.2, -0.15) is 0 Å². The smallest absolute Gasteiger partial charge is 0.291 e. The zero-order valence-electron chi connectivity index (χ0n) is 12.8. The molecule has 0 bridgehead atoms. The number of nitrogens with one attached hydrogen (secondary N) is 2. The lowest BCUT2D eigenvalue weighted by Gasteiger charge is -2.08. The van der Waals surface area contributed by atoms with Crippen molar-refractivity contribution in [3.05, 3.63) is 83.8 Å². The molecule has 5 nitrogen and oxygen atoms in total. The fraction of sp³-hybridized carbons (Fsp3) is 0. The van der Waals surface area contributed by atoms with Crippen LogP contribution in [0.5, 0.6) is 0 Å². The maximum atomic E-state index is 13.6. The fourth-order valence-electron chi connectivity index (χ4n) is 2.11. The number of hydrogen-bond donors (Lipinski definition) is 2. The number of halogens is 2. The highest BCUT2D eigenvalue weighted by molar-refractivity contribution is 6.05. The summed E-state index contributed by atoms with van der Waals surface area (Å²) in [7, 11) is 0. The van der Waals surface area contributed by atoms with E-state index >= 15 is 0 Å². The molecule has 0 aliphatic carbocycles. The molecule has 0 aliphatic rings. The summed E-state index contributed by atoms with van der Waals surface area (Å²) in [4.78, 5) is 23.8. The Morgan fingerprint density at radius 3 is 2.08 bits per heavy atom. The molecular formula is C18H12F2N2O3. The SMILES string of the molecule is O=C(Nc1ccc(NC(=O)c2cc(F)ccc2F)cc1)c1ccco1. The summed E-state index contributed by atoms with van der Waals surface area (Å²) in [5, 5.41) is 5.08. The monoisotopic (exact) mass is 342 g/mol. The standard InChI is InChI=1S/C18H12F2N2O3/c19-11-3-8-15(20)14(10-11)17(23)21-12-4-6-13(7-5-12)22-18(24)16-2-1-9-25-16/h1-10H,(H,21,23)(H,22,24). The van der Waals surface area contributed by atoms with Gasteiger partial charge in [-0.1, -0.05) is 0 Å². The third-order valence-corrected chi connectivity index (χ3v) is 3.32. The first-order valence-corrected chi connectivity index (χ1v) is 7.24. The quantitative estimate of drug-likeness (QED) is 0.751. The van der Waals surface area contributed by atoms with Gasteiger partial charge in [0, 0.05) is 11.4 Å². The molecule has 2 amide bonds. The molecule has 2 aromatic carbocycles. The van der Waals surface area contributed by atoms with Crippen molar-refractivity contribution in [1.29, 1.82) is 0 Å². The van der Waals surface area contributed by atoms with E-state index in [0.29, 0.717) is 11.4 Å². The number of rotatable bonds is 4. The first-order chi connectivity index (χ1) is 12.0. The molecule has 3 aromatic rings. The van der Waals surface area contributed by atoms with Crippen molar-refractivity contribution >= 4 is 23.2 Å². The third-order valence-electron chi connectivity index (χ3n) is 3.32. The Kier molecular flexibility index (Phi) is 4.56. The number of furan rings is 1. The van der Waals surface area contributed by atoms with Crippen LogP contribution in [0.25, 0.3) is 0 Å². The van der Waals surface area contributed by atoms with Gasteiger partial charge in [0.05, 0.1) is 11.8 Å². The van der Waals surface area contributed by atoms with Gasteiger partial charge in [0.1, 0.15) is 11.6 Å². The molecule has 1 heterocycles. The van der Waals surface area contributed by atoms with Gasteiger partial charge in [-0.25, -0.2) is 8.78 Å². The van der Waals surface area contributed by atoms with Gasteiger partial charge in [-0.3, -0.25) is 9.59 Å². The van der Waals surface area contributed by atoms with Crippen LogP contribution in [-0.4, -0.2) is 11.8 Å². The average Bonchev–Trinajstić information content (AvgIpc) is 3.13. The van der Waals surface area contributed by atoms with Crippen LogP contribution >= 0.6 is 0 Å². The highest BCUT2D eigenvalue weighted by Gasteiger charge is 2.13. The van der Waals surface area contributed by atoms with E-state index in [4.69, 9.17) is 4.42 Å². The van der Waals surface area contributed by atoms with E-state index in [0.717, 1.165) is 18.2 Å². The lowest BCUT2D eigenvalue weighted by Crippen LogP contribution is -2.14. The molecule has 126 valence electrons. The maximum Gasteiger partial charge on any atom is 0.291 e. The second kappa shape index (κ2) is 6.96. The minimum absolute atomic E-state index is 0.166. The van der Waals surface area contributed by atoms with Gasteiger partial charge in [-0.05, 0) is 54.6 Å². The van der Waals surface area contributed by atoms with Gasteiger partial charge in [0.25, 0.3) is 11.8 Å². The largest absolute Gasteiger partial charge is 0.459 e. The number of carbonyl (C=O) groups is 2. The molecule has 7 heteroatoms. The highest BCUT2D eigenvalue weighted by atomic mass is 19.1. The molecule has 3 rings (SSSR count). The van der Waals surface area contributed by atoms with Crippen LogP contribution < -0.4 is 10.6 Å². The molecule has 2 N–H and O–H groups in total. The summed E-state index contributed by atoms with van der Waals surface area (Å²) in [5.41, 5.74) is 0.455. The van der Waals surface area contributed by atoms with Crippen LogP contribution in [0.4, 0.5) is 20.2 Å². The fourth-order valence-corrected chi connectivity index (χ4v) is 2.11. The molecule has 0 spiro atoms. The molecule has 0 saturated carbocycles. The first kappa shape index (κ1) is 16.4. The molecule has 25 heavy (non-hydrogen) atoms. The van der Waals surface area contributed by atoms with Gasteiger partial charge >= 0.3 is 0 Å². The summed E-state index contributed by atoms with van der Waals surface area (Å²) in [6.45, 7) is 0. The lowest BCUT2D eigenvalue weighted by atomic mass is 10.2. The van der Waals surface area contributed by atoms with Crippen molar-refractivity contribution < 1.29 is 22.8 Å². The Morgan fingerprint density at radius 2 is 1.48 bits per heavy atom. The summed E-state index contributed by atoms with van der Waals surface area (Å²) < 4.78 is 31.7. The van der Waals surface area contributed by atoms with Gasteiger partial charge in [-0.15, -0.1) is 0 Å². The van der Waals surface area contributed by atoms with Crippen molar-refractivity contribution in [2.75, 3.05) is 10.6 Å². The summed E-state index contributed by atoms with van der Waals surface area (Å²) >= 11 is 0. The number of carbonyl (C=O) groups excluding carboxylic acids is 2. The molecule has 0 saturated heterocycles. The Hall–Kier alpha value is -3.48. The number of anilines is 2. The van der Waals surface area contributed by atoms with Crippen molar-refractivity contribution in [2.45, 2.75) is 0 Å². The van der Waals surface area contributed by atoms with Crippen LogP contribution in [0.15, 0.2) is 65.3 Å². The van der Waals surface area contributed by atoms with Gasteiger partial charge < -0.3 is 15.1 Å². The Balaban J connectivity index is 1.67.